The number of hydrogen-bond donors (Lipinski definition) is 3. The van der Waals surface area contributed by atoms with Gasteiger partial charge in [0, 0.05) is 18.7 Å². The number of aliphatic hydroxyl groups is 2. The summed E-state index contributed by atoms with van der Waals surface area (Å²) in [5.74, 6) is 0. The van der Waals surface area contributed by atoms with E-state index in [2.05, 4.69) is 0 Å². The predicted molar refractivity (Wildman–Crippen MR) is 68.0 cm³/mol. The fourth-order valence-corrected chi connectivity index (χ4v) is 2.07. The van der Waals surface area contributed by atoms with Gasteiger partial charge in [-0.3, -0.25) is 14.3 Å². The van der Waals surface area contributed by atoms with Crippen molar-refractivity contribution in [3.05, 3.63) is 38.7 Å². The number of aromatic amines is 1. The van der Waals surface area contributed by atoms with E-state index in [0.717, 1.165) is 10.8 Å². The third-order valence-corrected chi connectivity index (χ3v) is 3.14. The molecular weight excluding hydrogens is 309 g/mol. The van der Waals surface area contributed by atoms with Crippen LogP contribution in [-0.2, 0) is 4.74 Å². The van der Waals surface area contributed by atoms with E-state index in [1.807, 2.05) is 4.98 Å². The second-order valence-corrected chi connectivity index (χ2v) is 4.74. The molecule has 10 heteroatoms. The van der Waals surface area contributed by atoms with Gasteiger partial charge < -0.3 is 14.9 Å². The van der Waals surface area contributed by atoms with Gasteiger partial charge in [0.05, 0.1) is 18.3 Å². The quantitative estimate of drug-likeness (QED) is 0.712. The molecule has 0 saturated carbocycles. The molecule has 1 aromatic rings. The summed E-state index contributed by atoms with van der Waals surface area (Å²) in [6, 6.07) is 0. The second-order valence-electron chi connectivity index (χ2n) is 4.74. The zero-order valence-electron chi connectivity index (χ0n) is 11.1. The van der Waals surface area contributed by atoms with E-state index in [1.165, 1.54) is 0 Å². The number of rotatable bonds is 3. The fourth-order valence-electron chi connectivity index (χ4n) is 2.07. The van der Waals surface area contributed by atoms with Crippen molar-refractivity contribution in [2.75, 3.05) is 6.61 Å². The molecule has 1 aliphatic rings. The van der Waals surface area contributed by atoms with E-state index in [1.54, 1.807) is 0 Å². The highest BCUT2D eigenvalue weighted by Crippen LogP contribution is 2.27. The minimum absolute atomic E-state index is 0.0421. The number of H-pyrrole nitrogens is 1. The number of alkyl halides is 3. The van der Waals surface area contributed by atoms with E-state index >= 15 is 0 Å². The summed E-state index contributed by atoms with van der Waals surface area (Å²) < 4.78 is 42.5. The standard InChI is InChI=1S/C12H13F3N2O5/c13-12(14,15)2-1-6-4-17(11(21)16-10(6)20)9-3-7(19)8(5-18)22-9/h1-2,4,7-9,18-19H,3,5H2,(H,16,20,21)/t7?,8-,9-/m0/s1. The van der Waals surface area contributed by atoms with E-state index in [0.29, 0.717) is 6.08 Å². The Hall–Kier alpha value is -1.91. The second kappa shape index (κ2) is 6.07. The number of nitrogens with one attached hydrogen (secondary N) is 1. The molecular formula is C12H13F3N2O5. The van der Waals surface area contributed by atoms with Crippen molar-refractivity contribution in [2.45, 2.75) is 31.0 Å². The fraction of sp³-hybridized carbons (Fsp3) is 0.500. The van der Waals surface area contributed by atoms with Crippen LogP contribution in [0, 0.1) is 0 Å². The lowest BCUT2D eigenvalue weighted by atomic mass is 10.2. The molecule has 1 aliphatic heterocycles. The van der Waals surface area contributed by atoms with Crippen LogP contribution < -0.4 is 11.2 Å². The zero-order valence-corrected chi connectivity index (χ0v) is 11.1. The summed E-state index contributed by atoms with van der Waals surface area (Å²) in [4.78, 5) is 25.1. The van der Waals surface area contributed by atoms with Gasteiger partial charge in [-0.05, 0) is 6.08 Å². The lowest BCUT2D eigenvalue weighted by molar-refractivity contribution is -0.0790. The molecule has 0 radical (unpaired) electrons. The summed E-state index contributed by atoms with van der Waals surface area (Å²) in [5, 5.41) is 18.6. The van der Waals surface area contributed by atoms with Gasteiger partial charge in [0.1, 0.15) is 12.3 Å². The molecule has 1 unspecified atom stereocenters. The number of nitrogens with zero attached hydrogens (tertiary/aromatic N) is 1. The van der Waals surface area contributed by atoms with Crippen molar-refractivity contribution in [1.82, 2.24) is 9.55 Å². The molecule has 3 N–H and O–H groups in total. The molecule has 0 amide bonds. The Labute approximate surface area is 121 Å². The first kappa shape index (κ1) is 16.5. The molecule has 1 fully saturated rings. The summed E-state index contributed by atoms with van der Waals surface area (Å²) >= 11 is 0. The minimum Gasteiger partial charge on any atom is -0.394 e. The monoisotopic (exact) mass is 322 g/mol. The number of allylic oxidation sites excluding steroid dienone is 1. The van der Waals surface area contributed by atoms with Crippen LogP contribution >= 0.6 is 0 Å². The highest BCUT2D eigenvalue weighted by Gasteiger charge is 2.35. The number of ether oxygens (including phenoxy) is 1. The van der Waals surface area contributed by atoms with E-state index in [9.17, 15) is 27.9 Å². The Balaban J connectivity index is 2.36. The normalized spacial score (nSPS) is 26.0. The van der Waals surface area contributed by atoms with Gasteiger partial charge in [-0.25, -0.2) is 4.79 Å². The number of aliphatic hydroxyl groups excluding tert-OH is 2. The number of halogens is 3. The Kier molecular flexibility index (Phi) is 4.54. The van der Waals surface area contributed by atoms with Crippen molar-refractivity contribution in [3.8, 4) is 0 Å². The van der Waals surface area contributed by atoms with Crippen molar-refractivity contribution in [2.24, 2.45) is 0 Å². The summed E-state index contributed by atoms with van der Waals surface area (Å²) in [7, 11) is 0. The minimum atomic E-state index is -4.60. The first-order valence-electron chi connectivity index (χ1n) is 6.27. The highest BCUT2D eigenvalue weighted by atomic mass is 19.4. The Bertz CT molecular complexity index is 679. The maximum absolute atomic E-state index is 12.1. The molecule has 0 aromatic carbocycles. The predicted octanol–water partition coefficient (Wildman–Crippen LogP) is -0.247. The van der Waals surface area contributed by atoms with Crippen molar-refractivity contribution in [3.63, 3.8) is 0 Å². The van der Waals surface area contributed by atoms with Crippen LogP contribution in [0.25, 0.3) is 6.08 Å². The van der Waals surface area contributed by atoms with Crippen LogP contribution in [0.2, 0.25) is 0 Å². The molecule has 7 nitrogen and oxygen atoms in total. The zero-order chi connectivity index (χ0) is 16.5. The molecule has 1 saturated heterocycles. The molecule has 22 heavy (non-hydrogen) atoms. The molecule has 0 spiro atoms. The van der Waals surface area contributed by atoms with Crippen LogP contribution in [0.3, 0.4) is 0 Å². The molecule has 1 aromatic heterocycles. The van der Waals surface area contributed by atoms with Gasteiger partial charge >= 0.3 is 11.9 Å². The third-order valence-electron chi connectivity index (χ3n) is 3.14. The number of aromatic nitrogens is 2. The molecule has 2 heterocycles. The van der Waals surface area contributed by atoms with Crippen molar-refractivity contribution >= 4 is 6.08 Å². The van der Waals surface area contributed by atoms with Crippen LogP contribution in [0.5, 0.6) is 0 Å². The van der Waals surface area contributed by atoms with Gasteiger partial charge in [0.2, 0.25) is 0 Å². The smallest absolute Gasteiger partial charge is 0.394 e. The van der Waals surface area contributed by atoms with Gasteiger partial charge in [-0.15, -0.1) is 0 Å². The largest absolute Gasteiger partial charge is 0.409 e. The lowest BCUT2D eigenvalue weighted by Gasteiger charge is -2.14. The Morgan fingerprint density at radius 1 is 1.45 bits per heavy atom. The average Bonchev–Trinajstić information content (AvgIpc) is 2.77. The Morgan fingerprint density at radius 2 is 2.14 bits per heavy atom. The summed E-state index contributed by atoms with van der Waals surface area (Å²) in [5.41, 5.74) is -2.24. The van der Waals surface area contributed by atoms with E-state index in [-0.39, 0.29) is 18.1 Å². The van der Waals surface area contributed by atoms with Gasteiger partial charge in [-0.1, -0.05) is 0 Å². The Morgan fingerprint density at radius 3 is 2.68 bits per heavy atom. The molecule has 2 rings (SSSR count). The van der Waals surface area contributed by atoms with Gasteiger partial charge in [0.15, 0.2) is 0 Å². The highest BCUT2D eigenvalue weighted by molar-refractivity contribution is 5.47. The third kappa shape index (κ3) is 3.64. The lowest BCUT2D eigenvalue weighted by Crippen LogP contribution is -2.33. The first-order chi connectivity index (χ1) is 10.2. The first-order valence-corrected chi connectivity index (χ1v) is 6.27. The summed E-state index contributed by atoms with van der Waals surface area (Å²) in [6.45, 7) is -0.476. The van der Waals surface area contributed by atoms with Crippen LogP contribution in [0.1, 0.15) is 18.2 Å². The van der Waals surface area contributed by atoms with Crippen LogP contribution in [0.4, 0.5) is 13.2 Å². The maximum atomic E-state index is 12.1. The molecule has 0 bridgehead atoms. The van der Waals surface area contributed by atoms with Crippen LogP contribution in [-0.4, -0.2) is 44.8 Å². The SMILES string of the molecule is O=c1[nH]c(=O)n([C@@H]2CC(O)[C@H](CO)O2)cc1C=CC(F)(F)F. The average molecular weight is 322 g/mol. The van der Waals surface area contributed by atoms with Crippen molar-refractivity contribution in [1.29, 1.82) is 0 Å². The van der Waals surface area contributed by atoms with E-state index in [4.69, 9.17) is 9.84 Å². The van der Waals surface area contributed by atoms with Gasteiger partial charge in [-0.2, -0.15) is 13.2 Å². The van der Waals surface area contributed by atoms with Crippen LogP contribution in [0.15, 0.2) is 21.9 Å². The van der Waals surface area contributed by atoms with Crippen molar-refractivity contribution < 1.29 is 28.1 Å². The molecule has 122 valence electrons. The molecule has 3 atom stereocenters. The molecule has 0 aliphatic carbocycles. The number of hydrogen-bond acceptors (Lipinski definition) is 5. The maximum Gasteiger partial charge on any atom is 0.409 e. The topological polar surface area (TPSA) is 105 Å². The van der Waals surface area contributed by atoms with E-state index < -0.39 is 42.5 Å². The summed E-state index contributed by atoms with van der Waals surface area (Å²) in [6.07, 6.45) is -6.25. The van der Waals surface area contributed by atoms with Gasteiger partial charge in [0.25, 0.3) is 5.56 Å².